The second-order valence-electron chi connectivity index (χ2n) is 9.19. The van der Waals surface area contributed by atoms with Gasteiger partial charge in [-0.3, -0.25) is 9.59 Å². The Morgan fingerprint density at radius 1 is 0.929 bits per heavy atom. The van der Waals surface area contributed by atoms with Crippen molar-refractivity contribution in [2.45, 2.75) is 6.92 Å². The molecule has 0 unspecified atom stereocenters. The number of anilines is 3. The van der Waals surface area contributed by atoms with Crippen molar-refractivity contribution in [3.05, 3.63) is 125 Å². The molecule has 2 amide bonds. The lowest BCUT2D eigenvalue weighted by Crippen LogP contribution is -2.20. The third-order valence-corrected chi connectivity index (χ3v) is 6.78. The van der Waals surface area contributed by atoms with Crippen molar-refractivity contribution in [3.8, 4) is 17.0 Å². The topological polar surface area (TPSA) is 105 Å². The number of nitrogens with one attached hydrogen (secondary N) is 3. The van der Waals surface area contributed by atoms with Crippen LogP contribution in [0.3, 0.4) is 0 Å². The minimum absolute atomic E-state index is 0.260. The van der Waals surface area contributed by atoms with E-state index in [2.05, 4.69) is 26.1 Å². The molecule has 42 heavy (non-hydrogen) atoms. The van der Waals surface area contributed by atoms with E-state index >= 15 is 0 Å². The number of hydrazone groups is 1. The average molecular weight is 580 g/mol. The lowest BCUT2D eigenvalue weighted by atomic mass is 10.1. The van der Waals surface area contributed by atoms with E-state index in [0.29, 0.717) is 22.6 Å². The van der Waals surface area contributed by atoms with Crippen LogP contribution in [0.5, 0.6) is 5.75 Å². The standard InChI is InChI=1S/C32H26FN5O3S/c1-21-6-14-27(15-7-21)36-32-37-28(20-42-32)22-8-10-23(11-9-22)31(40)38-34-18-24-4-2-3-5-29(24)41-19-30(39)35-26-16-12-25(33)13-17-26/h2-18,20H,19H2,1H3,(H,35,39)(H,36,37)(H,38,40)/b34-18+. The van der Waals surface area contributed by atoms with Gasteiger partial charge in [0.2, 0.25) is 0 Å². The number of halogens is 1. The number of carbonyl (C=O) groups is 2. The molecule has 10 heteroatoms. The fourth-order valence-corrected chi connectivity index (χ4v) is 4.57. The maximum Gasteiger partial charge on any atom is 0.271 e. The first-order chi connectivity index (χ1) is 20.4. The molecular formula is C32H26FN5O3S. The summed E-state index contributed by atoms with van der Waals surface area (Å²) in [7, 11) is 0. The Hall–Kier alpha value is -5.35. The van der Waals surface area contributed by atoms with E-state index in [1.54, 1.807) is 36.4 Å². The summed E-state index contributed by atoms with van der Waals surface area (Å²) >= 11 is 1.50. The number of ether oxygens (including phenoxy) is 1. The van der Waals surface area contributed by atoms with E-state index in [0.717, 1.165) is 22.1 Å². The number of aromatic nitrogens is 1. The summed E-state index contributed by atoms with van der Waals surface area (Å²) in [6.45, 7) is 1.78. The highest BCUT2D eigenvalue weighted by atomic mass is 32.1. The molecule has 0 aliphatic heterocycles. The molecule has 0 saturated heterocycles. The number of hydrogen-bond acceptors (Lipinski definition) is 7. The van der Waals surface area contributed by atoms with Gasteiger partial charge in [0.15, 0.2) is 11.7 Å². The number of nitrogens with zero attached hydrogens (tertiary/aromatic N) is 2. The smallest absolute Gasteiger partial charge is 0.271 e. The van der Waals surface area contributed by atoms with Crippen LogP contribution in [0, 0.1) is 12.7 Å². The van der Waals surface area contributed by atoms with Crippen LogP contribution in [0.25, 0.3) is 11.3 Å². The van der Waals surface area contributed by atoms with Gasteiger partial charge in [-0.25, -0.2) is 14.8 Å². The molecule has 5 aromatic rings. The van der Waals surface area contributed by atoms with Gasteiger partial charge < -0.3 is 15.4 Å². The van der Waals surface area contributed by atoms with Crippen LogP contribution in [-0.4, -0.2) is 29.6 Å². The second-order valence-corrected chi connectivity index (χ2v) is 10.0. The third-order valence-electron chi connectivity index (χ3n) is 6.03. The molecule has 0 aliphatic rings. The Morgan fingerprint density at radius 3 is 2.40 bits per heavy atom. The molecular weight excluding hydrogens is 553 g/mol. The van der Waals surface area contributed by atoms with E-state index in [9.17, 15) is 14.0 Å². The lowest BCUT2D eigenvalue weighted by molar-refractivity contribution is -0.118. The van der Waals surface area contributed by atoms with Crippen LogP contribution in [-0.2, 0) is 4.79 Å². The van der Waals surface area contributed by atoms with Crippen molar-refractivity contribution in [1.29, 1.82) is 0 Å². The zero-order valence-corrected chi connectivity index (χ0v) is 23.3. The minimum atomic E-state index is -0.401. The number of thiazole rings is 1. The number of benzene rings is 4. The van der Waals surface area contributed by atoms with Crippen LogP contribution in [0.15, 0.2) is 108 Å². The largest absolute Gasteiger partial charge is 0.483 e. The predicted molar refractivity (Wildman–Crippen MR) is 164 cm³/mol. The molecule has 0 aliphatic carbocycles. The van der Waals surface area contributed by atoms with Crippen molar-refractivity contribution in [2.75, 3.05) is 17.2 Å². The molecule has 4 aromatic carbocycles. The minimum Gasteiger partial charge on any atom is -0.483 e. The van der Waals surface area contributed by atoms with E-state index in [-0.39, 0.29) is 12.5 Å². The molecule has 8 nitrogen and oxygen atoms in total. The Balaban J connectivity index is 1.14. The maximum atomic E-state index is 13.1. The van der Waals surface area contributed by atoms with Crippen LogP contribution >= 0.6 is 11.3 Å². The molecule has 0 radical (unpaired) electrons. The number of hydrogen-bond donors (Lipinski definition) is 3. The Morgan fingerprint density at radius 2 is 1.64 bits per heavy atom. The van der Waals surface area contributed by atoms with Gasteiger partial charge in [-0.2, -0.15) is 5.10 Å². The highest BCUT2D eigenvalue weighted by Gasteiger charge is 2.10. The van der Waals surface area contributed by atoms with Crippen molar-refractivity contribution in [2.24, 2.45) is 5.10 Å². The van der Waals surface area contributed by atoms with Crippen molar-refractivity contribution in [1.82, 2.24) is 10.4 Å². The van der Waals surface area contributed by atoms with E-state index in [4.69, 9.17) is 4.74 Å². The first-order valence-corrected chi connectivity index (χ1v) is 13.8. The molecule has 5 rings (SSSR count). The molecule has 0 spiro atoms. The van der Waals surface area contributed by atoms with Crippen molar-refractivity contribution < 1.29 is 18.7 Å². The molecule has 0 fully saturated rings. The van der Waals surface area contributed by atoms with Crippen LogP contribution < -0.4 is 20.8 Å². The van der Waals surface area contributed by atoms with Crippen LogP contribution in [0.2, 0.25) is 0 Å². The molecule has 210 valence electrons. The van der Waals surface area contributed by atoms with Gasteiger partial charge >= 0.3 is 0 Å². The highest BCUT2D eigenvalue weighted by molar-refractivity contribution is 7.14. The summed E-state index contributed by atoms with van der Waals surface area (Å²) in [5, 5.41) is 12.7. The average Bonchev–Trinajstić information content (AvgIpc) is 3.47. The normalized spacial score (nSPS) is 10.8. The zero-order chi connectivity index (χ0) is 29.3. The van der Waals surface area contributed by atoms with Crippen molar-refractivity contribution >= 4 is 45.9 Å². The first-order valence-electron chi connectivity index (χ1n) is 12.9. The Bertz CT molecular complexity index is 1700. The molecule has 1 aromatic heterocycles. The zero-order valence-electron chi connectivity index (χ0n) is 22.5. The maximum absolute atomic E-state index is 13.1. The van der Waals surface area contributed by atoms with Gasteiger partial charge in [0.25, 0.3) is 11.8 Å². The monoisotopic (exact) mass is 579 g/mol. The van der Waals surface area contributed by atoms with Gasteiger partial charge in [-0.15, -0.1) is 11.3 Å². The molecule has 0 bridgehead atoms. The number of para-hydroxylation sites is 1. The summed E-state index contributed by atoms with van der Waals surface area (Å²) in [5.74, 6) is -0.761. The SMILES string of the molecule is Cc1ccc(Nc2nc(-c3ccc(C(=O)N/N=C/c4ccccc4OCC(=O)Nc4ccc(F)cc4)cc3)cs2)cc1. The summed E-state index contributed by atoms with van der Waals surface area (Å²) in [5.41, 5.74) is 7.83. The summed E-state index contributed by atoms with van der Waals surface area (Å²) in [6.07, 6.45) is 1.44. The summed E-state index contributed by atoms with van der Waals surface area (Å²) in [4.78, 5) is 29.5. The molecule has 3 N–H and O–H groups in total. The number of rotatable bonds is 10. The summed E-state index contributed by atoms with van der Waals surface area (Å²) < 4.78 is 18.7. The van der Waals surface area contributed by atoms with Gasteiger partial charge in [-0.1, -0.05) is 42.0 Å². The van der Waals surface area contributed by atoms with Gasteiger partial charge in [0, 0.05) is 33.4 Å². The quantitative estimate of drug-likeness (QED) is 0.125. The molecule has 0 atom stereocenters. The number of carbonyl (C=O) groups excluding carboxylic acids is 2. The van der Waals surface area contributed by atoms with E-state index in [1.807, 2.05) is 48.7 Å². The summed E-state index contributed by atoms with van der Waals surface area (Å²) in [6, 6.07) is 27.6. The van der Waals surface area contributed by atoms with Crippen LogP contribution in [0.4, 0.5) is 20.9 Å². The number of aryl methyl sites for hydroxylation is 1. The van der Waals surface area contributed by atoms with Gasteiger partial charge in [0.1, 0.15) is 11.6 Å². The number of amides is 2. The molecule has 0 saturated carbocycles. The lowest BCUT2D eigenvalue weighted by Gasteiger charge is -2.09. The Labute approximate surface area is 245 Å². The van der Waals surface area contributed by atoms with Crippen molar-refractivity contribution in [3.63, 3.8) is 0 Å². The highest BCUT2D eigenvalue weighted by Crippen LogP contribution is 2.27. The molecule has 1 heterocycles. The Kier molecular flexibility index (Phi) is 8.95. The first kappa shape index (κ1) is 28.2. The van der Waals surface area contributed by atoms with Gasteiger partial charge in [-0.05, 0) is 67.6 Å². The predicted octanol–water partition coefficient (Wildman–Crippen LogP) is 6.78. The van der Waals surface area contributed by atoms with E-state index in [1.165, 1.54) is 47.4 Å². The van der Waals surface area contributed by atoms with Crippen LogP contribution in [0.1, 0.15) is 21.5 Å². The fraction of sp³-hybridized carbons (Fsp3) is 0.0625. The second kappa shape index (κ2) is 13.3. The van der Waals surface area contributed by atoms with Gasteiger partial charge in [0.05, 0.1) is 11.9 Å². The third kappa shape index (κ3) is 7.64. The van der Waals surface area contributed by atoms with E-state index < -0.39 is 11.7 Å². The fourth-order valence-electron chi connectivity index (χ4n) is 3.83.